The zero-order valence-corrected chi connectivity index (χ0v) is 11.2. The number of carbonyl (C=O) groups excluding carboxylic acids is 1. The molecule has 0 N–H and O–H groups in total. The number of ether oxygens (including phenoxy) is 2. The molecule has 3 heteroatoms. The van der Waals surface area contributed by atoms with Crippen LogP contribution in [0.15, 0.2) is 11.6 Å². The predicted molar refractivity (Wildman–Crippen MR) is 65.9 cm³/mol. The molecule has 2 saturated heterocycles. The smallest absolute Gasteiger partial charge is 0.309 e. The molecule has 2 heterocycles. The molecule has 18 heavy (non-hydrogen) atoms. The normalized spacial score (nSPS) is 57.1. The van der Waals surface area contributed by atoms with Crippen LogP contribution in [0.4, 0.5) is 0 Å². The third kappa shape index (κ3) is 1.04. The summed E-state index contributed by atoms with van der Waals surface area (Å²) in [4.78, 5) is 11.9. The largest absolute Gasteiger partial charge is 0.461 e. The van der Waals surface area contributed by atoms with Crippen LogP contribution in [-0.4, -0.2) is 23.3 Å². The first-order valence-electron chi connectivity index (χ1n) is 7.06. The number of hydrogen-bond donors (Lipinski definition) is 0. The summed E-state index contributed by atoms with van der Waals surface area (Å²) in [5, 5.41) is 0. The van der Waals surface area contributed by atoms with E-state index in [1.807, 2.05) is 6.92 Å². The molecule has 2 aliphatic carbocycles. The number of esters is 1. The maximum Gasteiger partial charge on any atom is 0.309 e. The van der Waals surface area contributed by atoms with Crippen LogP contribution in [0.2, 0.25) is 0 Å². The van der Waals surface area contributed by atoms with Crippen LogP contribution in [0, 0.1) is 17.8 Å². The van der Waals surface area contributed by atoms with Gasteiger partial charge in [-0.3, -0.25) is 4.79 Å². The maximum absolute atomic E-state index is 11.9. The lowest BCUT2D eigenvalue weighted by atomic mass is 9.77. The molecule has 0 aromatic heterocycles. The van der Waals surface area contributed by atoms with E-state index >= 15 is 0 Å². The van der Waals surface area contributed by atoms with E-state index < -0.39 is 0 Å². The molecular weight excluding hydrogens is 228 g/mol. The van der Waals surface area contributed by atoms with E-state index in [1.165, 1.54) is 5.57 Å². The summed E-state index contributed by atoms with van der Waals surface area (Å²) in [6.45, 7) is 6.43. The van der Waals surface area contributed by atoms with Gasteiger partial charge in [-0.2, -0.15) is 0 Å². The van der Waals surface area contributed by atoms with E-state index in [0.717, 1.165) is 19.3 Å². The highest BCUT2D eigenvalue weighted by Crippen LogP contribution is 2.67. The van der Waals surface area contributed by atoms with Gasteiger partial charge in [-0.1, -0.05) is 18.6 Å². The average Bonchev–Trinajstić information content (AvgIpc) is 2.65. The quantitative estimate of drug-likeness (QED) is 0.375. The van der Waals surface area contributed by atoms with Gasteiger partial charge in [-0.15, -0.1) is 0 Å². The number of carbonyl (C=O) groups is 1. The number of rotatable bonds is 0. The SMILES string of the molecule is CC1=CC[C@]23O[C@@]2(C)CC[C@@H]2[C@@H](OC(=O)[C@@H]2C)[C@@H]13. The van der Waals surface area contributed by atoms with Crippen LogP contribution in [0.25, 0.3) is 0 Å². The van der Waals surface area contributed by atoms with Crippen LogP contribution >= 0.6 is 0 Å². The molecule has 1 spiro atoms. The third-order valence-corrected chi connectivity index (χ3v) is 5.95. The molecule has 3 fully saturated rings. The fourth-order valence-electron chi connectivity index (χ4n) is 4.71. The van der Waals surface area contributed by atoms with Gasteiger partial charge in [0, 0.05) is 11.8 Å². The van der Waals surface area contributed by atoms with Crippen LogP contribution < -0.4 is 0 Å². The molecule has 0 aromatic carbocycles. The molecule has 2 aliphatic heterocycles. The summed E-state index contributed by atoms with van der Waals surface area (Å²) in [6.07, 6.45) is 5.45. The second-order valence-electron chi connectivity index (χ2n) is 6.75. The lowest BCUT2D eigenvalue weighted by molar-refractivity contribution is -0.145. The van der Waals surface area contributed by atoms with Crippen LogP contribution in [0.1, 0.15) is 40.0 Å². The van der Waals surface area contributed by atoms with Crippen molar-refractivity contribution in [3.63, 3.8) is 0 Å². The predicted octanol–water partition coefficient (Wildman–Crippen LogP) is 2.45. The lowest BCUT2D eigenvalue weighted by Crippen LogP contribution is -2.37. The molecule has 6 atom stereocenters. The topological polar surface area (TPSA) is 38.8 Å². The Morgan fingerprint density at radius 3 is 3.00 bits per heavy atom. The molecule has 4 rings (SSSR count). The summed E-state index contributed by atoms with van der Waals surface area (Å²) in [6, 6.07) is 0. The highest BCUT2D eigenvalue weighted by molar-refractivity contribution is 5.75. The van der Waals surface area contributed by atoms with Crippen molar-refractivity contribution in [2.45, 2.75) is 57.3 Å². The van der Waals surface area contributed by atoms with Gasteiger partial charge < -0.3 is 9.47 Å². The van der Waals surface area contributed by atoms with E-state index in [4.69, 9.17) is 9.47 Å². The minimum absolute atomic E-state index is 0.0101. The van der Waals surface area contributed by atoms with E-state index in [9.17, 15) is 4.79 Å². The lowest BCUT2D eigenvalue weighted by Gasteiger charge is -2.27. The van der Waals surface area contributed by atoms with Gasteiger partial charge in [0.25, 0.3) is 0 Å². The molecule has 4 aliphatic rings. The Labute approximate surface area is 108 Å². The van der Waals surface area contributed by atoms with Crippen molar-refractivity contribution in [1.82, 2.24) is 0 Å². The van der Waals surface area contributed by atoms with Crippen molar-refractivity contribution < 1.29 is 14.3 Å². The van der Waals surface area contributed by atoms with E-state index in [1.54, 1.807) is 0 Å². The fraction of sp³-hybridized carbons (Fsp3) is 0.800. The number of hydrogen-bond acceptors (Lipinski definition) is 3. The Balaban J connectivity index is 1.78. The van der Waals surface area contributed by atoms with Gasteiger partial charge in [0.1, 0.15) is 11.7 Å². The summed E-state index contributed by atoms with van der Waals surface area (Å²) >= 11 is 0. The van der Waals surface area contributed by atoms with Gasteiger partial charge in [-0.25, -0.2) is 0 Å². The molecular formula is C15H20O3. The van der Waals surface area contributed by atoms with E-state index in [2.05, 4.69) is 19.9 Å². The van der Waals surface area contributed by atoms with Crippen molar-refractivity contribution in [2.75, 3.05) is 0 Å². The molecule has 0 bridgehead atoms. The van der Waals surface area contributed by atoms with Crippen molar-refractivity contribution in [2.24, 2.45) is 17.8 Å². The van der Waals surface area contributed by atoms with Crippen molar-refractivity contribution >= 4 is 5.97 Å². The first-order chi connectivity index (χ1) is 8.48. The van der Waals surface area contributed by atoms with E-state index in [0.29, 0.717) is 11.8 Å². The second kappa shape index (κ2) is 3.01. The molecule has 0 radical (unpaired) electrons. The van der Waals surface area contributed by atoms with Crippen molar-refractivity contribution in [3.8, 4) is 0 Å². The summed E-state index contributed by atoms with van der Waals surface area (Å²) in [5.74, 6) is 0.726. The summed E-state index contributed by atoms with van der Waals surface area (Å²) < 4.78 is 11.9. The second-order valence-corrected chi connectivity index (χ2v) is 6.75. The van der Waals surface area contributed by atoms with Gasteiger partial charge in [0.2, 0.25) is 0 Å². The monoisotopic (exact) mass is 248 g/mol. The highest BCUT2D eigenvalue weighted by Gasteiger charge is 2.75. The molecule has 0 amide bonds. The average molecular weight is 248 g/mol. The number of epoxide rings is 1. The third-order valence-electron chi connectivity index (χ3n) is 5.95. The first kappa shape index (κ1) is 11.0. The molecule has 1 saturated carbocycles. The van der Waals surface area contributed by atoms with Gasteiger partial charge >= 0.3 is 5.97 Å². The Kier molecular flexibility index (Phi) is 1.84. The molecule has 98 valence electrons. The zero-order chi connectivity index (χ0) is 12.7. The maximum atomic E-state index is 11.9. The van der Waals surface area contributed by atoms with Crippen LogP contribution in [0.3, 0.4) is 0 Å². The molecule has 0 unspecified atom stereocenters. The summed E-state index contributed by atoms with van der Waals surface area (Å²) in [5.41, 5.74) is 1.32. The van der Waals surface area contributed by atoms with Crippen molar-refractivity contribution in [1.29, 1.82) is 0 Å². The molecule has 0 aromatic rings. The summed E-state index contributed by atoms with van der Waals surface area (Å²) in [7, 11) is 0. The first-order valence-corrected chi connectivity index (χ1v) is 7.06. The van der Waals surface area contributed by atoms with Crippen LogP contribution in [0.5, 0.6) is 0 Å². The van der Waals surface area contributed by atoms with Gasteiger partial charge in [0.05, 0.1) is 11.5 Å². The Bertz CT molecular complexity index is 468. The Hall–Kier alpha value is -0.830. The van der Waals surface area contributed by atoms with Gasteiger partial charge in [-0.05, 0) is 33.1 Å². The standard InChI is InChI=1S/C15H20O3/c1-8-4-7-15-11(8)12-10(9(2)13(16)17-12)5-6-14(15,3)18-15/h4,9-12H,5-7H2,1-3H3/t9-,10+,11-,12-,14+,15-/m1/s1. The zero-order valence-electron chi connectivity index (χ0n) is 11.2. The molecule has 3 nitrogen and oxygen atoms in total. The minimum Gasteiger partial charge on any atom is -0.461 e. The van der Waals surface area contributed by atoms with Crippen molar-refractivity contribution in [3.05, 3.63) is 11.6 Å². The Morgan fingerprint density at radius 2 is 2.22 bits per heavy atom. The Morgan fingerprint density at radius 1 is 1.44 bits per heavy atom. The highest BCUT2D eigenvalue weighted by atomic mass is 16.6. The number of fused-ring (bicyclic) bond motifs is 2. The van der Waals surface area contributed by atoms with E-state index in [-0.39, 0.29) is 29.2 Å². The van der Waals surface area contributed by atoms with Crippen LogP contribution in [-0.2, 0) is 14.3 Å². The van der Waals surface area contributed by atoms with Gasteiger partial charge in [0.15, 0.2) is 0 Å². The fourth-order valence-corrected chi connectivity index (χ4v) is 4.71. The minimum atomic E-state index is -0.0547.